The monoisotopic (exact) mass is 342 g/mol. The molecule has 1 amide bonds. The number of carbonyl (C=O) groups is 2. The summed E-state index contributed by atoms with van der Waals surface area (Å²) >= 11 is 0. The maximum absolute atomic E-state index is 13.0. The second-order valence-corrected chi connectivity index (χ2v) is 7.44. The second-order valence-electron chi connectivity index (χ2n) is 7.44. The second kappa shape index (κ2) is 6.17. The molecule has 3 heterocycles. The van der Waals surface area contributed by atoms with Gasteiger partial charge in [-0.05, 0) is 31.2 Å². The van der Waals surface area contributed by atoms with E-state index in [2.05, 4.69) is 0 Å². The van der Waals surface area contributed by atoms with Crippen LogP contribution in [0.2, 0.25) is 0 Å². The molecule has 4 atom stereocenters. The van der Waals surface area contributed by atoms with E-state index in [-0.39, 0.29) is 23.3 Å². The van der Waals surface area contributed by atoms with E-state index in [9.17, 15) is 19.5 Å². The van der Waals surface area contributed by atoms with Gasteiger partial charge in [0.05, 0.1) is 11.8 Å². The van der Waals surface area contributed by atoms with Crippen molar-refractivity contribution in [1.82, 2.24) is 9.47 Å². The van der Waals surface area contributed by atoms with Gasteiger partial charge in [0, 0.05) is 37.3 Å². The molecule has 2 aliphatic heterocycles. The summed E-state index contributed by atoms with van der Waals surface area (Å²) in [7, 11) is 0. The summed E-state index contributed by atoms with van der Waals surface area (Å²) in [4.78, 5) is 38.5. The highest BCUT2D eigenvalue weighted by atomic mass is 16.4. The van der Waals surface area contributed by atoms with Crippen LogP contribution in [0.4, 0.5) is 0 Å². The highest BCUT2D eigenvalue weighted by molar-refractivity contribution is 5.85. The van der Waals surface area contributed by atoms with E-state index < -0.39 is 17.8 Å². The van der Waals surface area contributed by atoms with Crippen LogP contribution in [0.3, 0.4) is 0 Å². The van der Waals surface area contributed by atoms with Crippen molar-refractivity contribution in [2.75, 3.05) is 13.1 Å². The number of pyridine rings is 1. The summed E-state index contributed by atoms with van der Waals surface area (Å²) in [6.07, 6.45) is 5.68. The minimum Gasteiger partial charge on any atom is -0.481 e. The SMILES string of the molecule is O=C(O)[C@H]1CC=CC[C@H]1C(=O)N1C[C@H]2C[C@@H](C1)c1cccc(=O)n1C2. The Labute approximate surface area is 145 Å². The van der Waals surface area contributed by atoms with E-state index in [4.69, 9.17) is 0 Å². The number of hydrogen-bond acceptors (Lipinski definition) is 3. The maximum atomic E-state index is 13.0. The van der Waals surface area contributed by atoms with Crippen LogP contribution in [-0.4, -0.2) is 39.5 Å². The number of likely N-dealkylation sites (tertiary alicyclic amines) is 1. The maximum Gasteiger partial charge on any atom is 0.307 e. The van der Waals surface area contributed by atoms with E-state index in [1.54, 1.807) is 12.1 Å². The Kier molecular flexibility index (Phi) is 3.98. The van der Waals surface area contributed by atoms with Gasteiger partial charge in [-0.15, -0.1) is 0 Å². The number of piperidine rings is 1. The van der Waals surface area contributed by atoms with Gasteiger partial charge in [0.25, 0.3) is 5.56 Å². The fourth-order valence-electron chi connectivity index (χ4n) is 4.67. The molecule has 3 aliphatic rings. The normalized spacial score (nSPS) is 30.6. The van der Waals surface area contributed by atoms with Crippen molar-refractivity contribution in [2.45, 2.75) is 31.7 Å². The molecule has 25 heavy (non-hydrogen) atoms. The number of rotatable bonds is 2. The van der Waals surface area contributed by atoms with Crippen molar-refractivity contribution >= 4 is 11.9 Å². The van der Waals surface area contributed by atoms with Gasteiger partial charge < -0.3 is 14.6 Å². The molecule has 132 valence electrons. The van der Waals surface area contributed by atoms with E-state index in [1.165, 1.54) is 0 Å². The van der Waals surface area contributed by atoms with Crippen LogP contribution in [0.25, 0.3) is 0 Å². The molecule has 4 rings (SSSR count). The lowest BCUT2D eigenvalue weighted by Crippen LogP contribution is -2.51. The van der Waals surface area contributed by atoms with Gasteiger partial charge in [0.2, 0.25) is 5.91 Å². The molecule has 0 aromatic carbocycles. The quantitative estimate of drug-likeness (QED) is 0.825. The van der Waals surface area contributed by atoms with Crippen LogP contribution in [0, 0.1) is 17.8 Å². The van der Waals surface area contributed by atoms with Crippen LogP contribution in [0.5, 0.6) is 0 Å². The van der Waals surface area contributed by atoms with Gasteiger partial charge in [-0.2, -0.15) is 0 Å². The average Bonchev–Trinajstić information content (AvgIpc) is 2.62. The molecular weight excluding hydrogens is 320 g/mol. The number of aliphatic carboxylic acids is 1. The van der Waals surface area contributed by atoms with Crippen molar-refractivity contribution in [3.63, 3.8) is 0 Å². The molecule has 0 unspecified atom stereocenters. The first kappa shape index (κ1) is 16.1. The van der Waals surface area contributed by atoms with Gasteiger partial charge in [0.15, 0.2) is 0 Å². The average molecular weight is 342 g/mol. The summed E-state index contributed by atoms with van der Waals surface area (Å²) in [5.41, 5.74) is 1.02. The zero-order valence-corrected chi connectivity index (χ0v) is 14.0. The highest BCUT2D eigenvalue weighted by Crippen LogP contribution is 2.37. The zero-order chi connectivity index (χ0) is 17.6. The van der Waals surface area contributed by atoms with Gasteiger partial charge >= 0.3 is 5.97 Å². The molecule has 1 N–H and O–H groups in total. The predicted octanol–water partition coefficient (Wildman–Crippen LogP) is 1.46. The van der Waals surface area contributed by atoms with E-state index in [1.807, 2.05) is 27.7 Å². The number of carboxylic acids is 1. The molecule has 0 saturated carbocycles. The largest absolute Gasteiger partial charge is 0.481 e. The van der Waals surface area contributed by atoms with Crippen LogP contribution < -0.4 is 5.56 Å². The topological polar surface area (TPSA) is 79.6 Å². The zero-order valence-electron chi connectivity index (χ0n) is 14.0. The smallest absolute Gasteiger partial charge is 0.307 e. The van der Waals surface area contributed by atoms with E-state index in [0.717, 1.165) is 12.1 Å². The summed E-state index contributed by atoms with van der Waals surface area (Å²) in [6.45, 7) is 1.83. The fraction of sp³-hybridized carbons (Fsp3) is 0.526. The molecular formula is C19H22N2O4. The minimum absolute atomic E-state index is 0.0235. The number of nitrogens with zero attached hydrogens (tertiary/aromatic N) is 2. The van der Waals surface area contributed by atoms with Crippen molar-refractivity contribution in [1.29, 1.82) is 0 Å². The lowest BCUT2D eigenvalue weighted by Gasteiger charge is -2.44. The molecule has 1 saturated heterocycles. The van der Waals surface area contributed by atoms with Crippen LogP contribution in [0.15, 0.2) is 35.1 Å². The van der Waals surface area contributed by atoms with Crippen molar-refractivity contribution in [2.24, 2.45) is 17.8 Å². The third-order valence-corrected chi connectivity index (χ3v) is 5.86. The highest BCUT2D eigenvalue weighted by Gasteiger charge is 2.41. The number of carbonyl (C=O) groups excluding carboxylic acids is 1. The van der Waals surface area contributed by atoms with Crippen LogP contribution in [-0.2, 0) is 16.1 Å². The first-order valence-electron chi connectivity index (χ1n) is 8.91. The number of hydrogen-bond donors (Lipinski definition) is 1. The van der Waals surface area contributed by atoms with E-state index >= 15 is 0 Å². The first-order chi connectivity index (χ1) is 12.0. The number of carboxylic acid groups (broad SMARTS) is 1. The van der Waals surface area contributed by atoms with Gasteiger partial charge in [-0.25, -0.2) is 0 Å². The minimum atomic E-state index is -0.892. The van der Waals surface area contributed by atoms with Crippen molar-refractivity contribution in [3.8, 4) is 0 Å². The summed E-state index contributed by atoms with van der Waals surface area (Å²) in [6, 6.07) is 5.33. The molecule has 1 aliphatic carbocycles. The van der Waals surface area contributed by atoms with Gasteiger partial charge in [-0.1, -0.05) is 18.2 Å². The van der Waals surface area contributed by atoms with Crippen LogP contribution >= 0.6 is 0 Å². The Morgan fingerprint density at radius 1 is 1.04 bits per heavy atom. The van der Waals surface area contributed by atoms with Crippen molar-refractivity contribution in [3.05, 3.63) is 46.4 Å². The molecule has 0 spiro atoms. The summed E-state index contributed by atoms with van der Waals surface area (Å²) in [5, 5.41) is 9.44. The summed E-state index contributed by atoms with van der Waals surface area (Å²) < 4.78 is 1.84. The number of fused-ring (bicyclic) bond motifs is 4. The Morgan fingerprint density at radius 2 is 1.80 bits per heavy atom. The Hall–Kier alpha value is -2.37. The van der Waals surface area contributed by atoms with Gasteiger partial charge in [0.1, 0.15) is 0 Å². The Balaban J connectivity index is 1.58. The Morgan fingerprint density at radius 3 is 2.56 bits per heavy atom. The lowest BCUT2D eigenvalue weighted by atomic mass is 9.79. The fourth-order valence-corrected chi connectivity index (χ4v) is 4.67. The molecule has 1 aromatic heterocycles. The molecule has 6 nitrogen and oxygen atoms in total. The first-order valence-corrected chi connectivity index (χ1v) is 8.91. The molecule has 0 radical (unpaired) electrons. The van der Waals surface area contributed by atoms with Crippen LogP contribution in [0.1, 0.15) is 30.9 Å². The van der Waals surface area contributed by atoms with E-state index in [0.29, 0.717) is 32.5 Å². The standard InChI is InChI=1S/C19H22N2O4/c22-17-7-3-6-16-13-8-12(10-21(16)17)9-20(11-13)18(23)14-4-1-2-5-15(14)19(24)25/h1-3,6-7,12-15H,4-5,8-11H2,(H,24,25)/t12-,13+,14-,15+/m1/s1. The number of allylic oxidation sites excluding steroid dienone is 2. The van der Waals surface area contributed by atoms with Crippen molar-refractivity contribution < 1.29 is 14.7 Å². The summed E-state index contributed by atoms with van der Waals surface area (Å²) in [5.74, 6) is -1.62. The lowest BCUT2D eigenvalue weighted by molar-refractivity contribution is -0.151. The number of aromatic nitrogens is 1. The molecule has 1 fully saturated rings. The van der Waals surface area contributed by atoms with Gasteiger partial charge in [-0.3, -0.25) is 14.4 Å². The number of amides is 1. The molecule has 2 bridgehead atoms. The third kappa shape index (κ3) is 2.79. The third-order valence-electron chi connectivity index (χ3n) is 5.86. The molecule has 1 aromatic rings. The Bertz CT molecular complexity index is 797. The molecule has 6 heteroatoms. The predicted molar refractivity (Wildman–Crippen MR) is 91.1 cm³/mol.